The number of nitrogens with zero attached hydrogens (tertiary/aromatic N) is 1. The molecule has 126 valence electrons. The molecule has 24 heavy (non-hydrogen) atoms. The zero-order valence-corrected chi connectivity index (χ0v) is 14.1. The molecule has 1 N–H and O–H groups in total. The highest BCUT2D eigenvalue weighted by atomic mass is 16.5. The van der Waals surface area contributed by atoms with Crippen molar-refractivity contribution in [2.24, 2.45) is 5.10 Å². The van der Waals surface area contributed by atoms with Crippen molar-refractivity contribution >= 4 is 12.1 Å². The van der Waals surface area contributed by atoms with Gasteiger partial charge in [-0.2, -0.15) is 5.10 Å². The summed E-state index contributed by atoms with van der Waals surface area (Å²) in [5, 5.41) is 3.98. The van der Waals surface area contributed by atoms with Crippen LogP contribution >= 0.6 is 0 Å². The molecule has 0 heterocycles. The summed E-state index contributed by atoms with van der Waals surface area (Å²) in [5.41, 5.74) is 4.59. The van der Waals surface area contributed by atoms with E-state index in [2.05, 4.69) is 10.5 Å². The van der Waals surface area contributed by atoms with E-state index < -0.39 is 0 Å². The number of hydrazone groups is 1. The Morgan fingerprint density at radius 2 is 1.75 bits per heavy atom. The number of amides is 1. The second-order valence-electron chi connectivity index (χ2n) is 5.01. The third kappa shape index (κ3) is 4.04. The SMILES string of the molecule is COc1ccc(OC)c(/C=N/NC(=O)c2ccc(C)cc2OC)c1. The van der Waals surface area contributed by atoms with Gasteiger partial charge in [0.1, 0.15) is 17.2 Å². The van der Waals surface area contributed by atoms with E-state index in [9.17, 15) is 4.79 Å². The average Bonchev–Trinajstić information content (AvgIpc) is 2.61. The molecule has 0 spiro atoms. The lowest BCUT2D eigenvalue weighted by molar-refractivity contribution is 0.0952. The molecule has 0 aliphatic heterocycles. The number of hydrogen-bond acceptors (Lipinski definition) is 5. The molecular formula is C18H20N2O4. The van der Waals surface area contributed by atoms with E-state index in [0.717, 1.165) is 5.56 Å². The number of benzene rings is 2. The van der Waals surface area contributed by atoms with Crippen LogP contribution in [0.4, 0.5) is 0 Å². The Balaban J connectivity index is 2.16. The Kier molecular flexibility index (Phi) is 5.78. The third-order valence-electron chi connectivity index (χ3n) is 3.41. The smallest absolute Gasteiger partial charge is 0.275 e. The molecule has 0 radical (unpaired) electrons. The quantitative estimate of drug-likeness (QED) is 0.654. The number of rotatable bonds is 6. The number of ether oxygens (including phenoxy) is 3. The molecule has 2 aromatic rings. The van der Waals surface area contributed by atoms with E-state index in [0.29, 0.717) is 28.4 Å². The van der Waals surface area contributed by atoms with E-state index in [1.165, 1.54) is 13.3 Å². The first-order valence-electron chi connectivity index (χ1n) is 7.29. The van der Waals surface area contributed by atoms with Gasteiger partial charge >= 0.3 is 0 Å². The summed E-state index contributed by atoms with van der Waals surface area (Å²) in [6.07, 6.45) is 1.50. The predicted molar refractivity (Wildman–Crippen MR) is 92.3 cm³/mol. The van der Waals surface area contributed by atoms with Crippen molar-refractivity contribution in [3.05, 3.63) is 53.1 Å². The number of aryl methyl sites for hydroxylation is 1. The molecule has 0 atom stereocenters. The van der Waals surface area contributed by atoms with Crippen LogP contribution in [0.25, 0.3) is 0 Å². The summed E-state index contributed by atoms with van der Waals surface area (Å²) in [6.45, 7) is 1.93. The molecule has 6 heteroatoms. The van der Waals surface area contributed by atoms with E-state index in [1.807, 2.05) is 13.0 Å². The highest BCUT2D eigenvalue weighted by Crippen LogP contribution is 2.22. The number of hydrogen-bond donors (Lipinski definition) is 1. The summed E-state index contributed by atoms with van der Waals surface area (Å²) in [4.78, 5) is 12.2. The summed E-state index contributed by atoms with van der Waals surface area (Å²) < 4.78 is 15.7. The molecule has 0 saturated carbocycles. The first-order valence-corrected chi connectivity index (χ1v) is 7.29. The molecule has 6 nitrogen and oxygen atoms in total. The monoisotopic (exact) mass is 328 g/mol. The second kappa shape index (κ2) is 8.01. The maximum absolute atomic E-state index is 12.2. The highest BCUT2D eigenvalue weighted by Gasteiger charge is 2.11. The first-order chi connectivity index (χ1) is 11.6. The zero-order valence-electron chi connectivity index (χ0n) is 14.1. The van der Waals surface area contributed by atoms with Crippen LogP contribution in [0.1, 0.15) is 21.5 Å². The Morgan fingerprint density at radius 1 is 1.00 bits per heavy atom. The number of nitrogens with one attached hydrogen (secondary N) is 1. The lowest BCUT2D eigenvalue weighted by atomic mass is 10.1. The van der Waals surface area contributed by atoms with Crippen LogP contribution in [0.3, 0.4) is 0 Å². The highest BCUT2D eigenvalue weighted by molar-refractivity contribution is 5.97. The van der Waals surface area contributed by atoms with E-state index in [1.54, 1.807) is 44.6 Å². The molecule has 0 aromatic heterocycles. The van der Waals surface area contributed by atoms with Gasteiger partial charge in [0.05, 0.1) is 33.1 Å². The minimum Gasteiger partial charge on any atom is -0.497 e. The van der Waals surface area contributed by atoms with Gasteiger partial charge < -0.3 is 14.2 Å². The van der Waals surface area contributed by atoms with Crippen LogP contribution in [0.2, 0.25) is 0 Å². The normalized spacial score (nSPS) is 10.5. The van der Waals surface area contributed by atoms with Crippen LogP contribution < -0.4 is 19.6 Å². The second-order valence-corrected chi connectivity index (χ2v) is 5.01. The van der Waals surface area contributed by atoms with Crippen LogP contribution in [-0.4, -0.2) is 33.5 Å². The van der Waals surface area contributed by atoms with Crippen molar-refractivity contribution in [3.8, 4) is 17.2 Å². The molecule has 0 aliphatic rings. The summed E-state index contributed by atoms with van der Waals surface area (Å²) >= 11 is 0. The molecule has 0 bridgehead atoms. The first kappa shape index (κ1) is 17.3. The van der Waals surface area contributed by atoms with Gasteiger partial charge in [-0.15, -0.1) is 0 Å². The minimum atomic E-state index is -0.357. The lowest BCUT2D eigenvalue weighted by Gasteiger charge is -2.08. The molecule has 0 fully saturated rings. The Morgan fingerprint density at radius 3 is 2.42 bits per heavy atom. The largest absolute Gasteiger partial charge is 0.497 e. The average molecular weight is 328 g/mol. The van der Waals surface area contributed by atoms with Gasteiger partial charge in [-0.1, -0.05) is 6.07 Å². The van der Waals surface area contributed by atoms with Gasteiger partial charge in [-0.25, -0.2) is 5.43 Å². The topological polar surface area (TPSA) is 69.2 Å². The molecule has 2 rings (SSSR count). The zero-order chi connectivity index (χ0) is 17.5. The minimum absolute atomic E-state index is 0.357. The summed E-state index contributed by atoms with van der Waals surface area (Å²) in [7, 11) is 4.67. The maximum atomic E-state index is 12.2. The van der Waals surface area contributed by atoms with Gasteiger partial charge in [-0.3, -0.25) is 4.79 Å². The Hall–Kier alpha value is -3.02. The van der Waals surface area contributed by atoms with Crippen molar-refractivity contribution in [1.82, 2.24) is 5.43 Å². The van der Waals surface area contributed by atoms with Crippen LogP contribution in [-0.2, 0) is 0 Å². The Bertz CT molecular complexity index is 757. The van der Waals surface area contributed by atoms with Gasteiger partial charge in [0.2, 0.25) is 0 Å². The standard InChI is InChI=1S/C18H20N2O4/c1-12-5-7-15(17(9-12)24-4)18(21)20-19-11-13-10-14(22-2)6-8-16(13)23-3/h5-11H,1-4H3,(H,20,21)/b19-11+. The van der Waals surface area contributed by atoms with Gasteiger partial charge in [0, 0.05) is 5.56 Å². The molecule has 1 amide bonds. The van der Waals surface area contributed by atoms with Crippen molar-refractivity contribution < 1.29 is 19.0 Å². The van der Waals surface area contributed by atoms with E-state index in [-0.39, 0.29) is 5.91 Å². The molecule has 0 aliphatic carbocycles. The lowest BCUT2D eigenvalue weighted by Crippen LogP contribution is -2.18. The number of carbonyl (C=O) groups excluding carboxylic acids is 1. The third-order valence-corrected chi connectivity index (χ3v) is 3.41. The van der Waals surface area contributed by atoms with E-state index in [4.69, 9.17) is 14.2 Å². The van der Waals surface area contributed by atoms with Crippen molar-refractivity contribution in [3.63, 3.8) is 0 Å². The van der Waals surface area contributed by atoms with Crippen molar-refractivity contribution in [2.45, 2.75) is 6.92 Å². The molecule has 0 unspecified atom stereocenters. The number of methoxy groups -OCH3 is 3. The summed E-state index contributed by atoms with van der Waals surface area (Å²) in [5.74, 6) is 1.44. The fourth-order valence-corrected chi connectivity index (χ4v) is 2.15. The predicted octanol–water partition coefficient (Wildman–Crippen LogP) is 2.78. The van der Waals surface area contributed by atoms with Gasteiger partial charge in [0.25, 0.3) is 5.91 Å². The van der Waals surface area contributed by atoms with Crippen LogP contribution in [0.15, 0.2) is 41.5 Å². The Labute approximate surface area is 141 Å². The van der Waals surface area contributed by atoms with Crippen molar-refractivity contribution in [2.75, 3.05) is 21.3 Å². The summed E-state index contributed by atoms with van der Waals surface area (Å²) in [6, 6.07) is 10.7. The van der Waals surface area contributed by atoms with E-state index >= 15 is 0 Å². The molecule has 2 aromatic carbocycles. The van der Waals surface area contributed by atoms with Crippen LogP contribution in [0.5, 0.6) is 17.2 Å². The fraction of sp³-hybridized carbons (Fsp3) is 0.222. The van der Waals surface area contributed by atoms with Crippen molar-refractivity contribution in [1.29, 1.82) is 0 Å². The number of carbonyl (C=O) groups is 1. The van der Waals surface area contributed by atoms with Gasteiger partial charge in [0.15, 0.2) is 0 Å². The molecular weight excluding hydrogens is 308 g/mol. The molecule has 0 saturated heterocycles. The van der Waals surface area contributed by atoms with Crippen LogP contribution in [0, 0.1) is 6.92 Å². The fourth-order valence-electron chi connectivity index (χ4n) is 2.15. The van der Waals surface area contributed by atoms with Gasteiger partial charge in [-0.05, 0) is 42.8 Å². The maximum Gasteiger partial charge on any atom is 0.275 e.